The number of hydrogen-bond acceptors (Lipinski definition) is 5. The van der Waals surface area contributed by atoms with E-state index in [4.69, 9.17) is 19.3 Å². The zero-order valence-electron chi connectivity index (χ0n) is 14.6. The van der Waals surface area contributed by atoms with Crippen molar-refractivity contribution in [1.29, 1.82) is 0 Å². The molecule has 1 N–H and O–H groups in total. The topological polar surface area (TPSA) is 82.1 Å². The first kappa shape index (κ1) is 21.9. The maximum absolute atomic E-state index is 12.0. The molecule has 6 nitrogen and oxygen atoms in total. The van der Waals surface area contributed by atoms with Gasteiger partial charge in [-0.15, -0.1) is 0 Å². The van der Waals surface area contributed by atoms with Gasteiger partial charge in [-0.25, -0.2) is 0 Å². The fraction of sp³-hybridized carbons (Fsp3) is 0.882. The van der Waals surface area contributed by atoms with Gasteiger partial charge in [-0.3, -0.25) is 9.59 Å². The number of aliphatic carboxylic acids is 1. The molecule has 0 radical (unpaired) electrons. The number of carbonyl (C=O) groups excluding carboxylic acids is 1. The van der Waals surface area contributed by atoms with Gasteiger partial charge in [-0.05, 0) is 25.7 Å². The van der Waals surface area contributed by atoms with Gasteiger partial charge in [0.25, 0.3) is 0 Å². The molecule has 0 fully saturated rings. The fourth-order valence-corrected chi connectivity index (χ4v) is 1.92. The summed E-state index contributed by atoms with van der Waals surface area (Å²) in [5.74, 6) is -1.69. The van der Waals surface area contributed by atoms with Gasteiger partial charge in [0.2, 0.25) is 0 Å². The quantitative estimate of drug-likeness (QED) is 0.345. The lowest BCUT2D eigenvalue weighted by Crippen LogP contribution is -2.22. The molecular weight excluding hydrogens is 300 g/mol. The second kappa shape index (κ2) is 15.7. The van der Waals surface area contributed by atoms with Crippen molar-refractivity contribution in [3.63, 3.8) is 0 Å². The summed E-state index contributed by atoms with van der Waals surface area (Å²) in [7, 11) is 0. The molecule has 0 saturated heterocycles. The van der Waals surface area contributed by atoms with Gasteiger partial charge in [0.05, 0.1) is 12.5 Å². The number of carboxylic acids is 1. The average molecular weight is 332 g/mol. The first-order valence-electron chi connectivity index (χ1n) is 8.65. The zero-order chi connectivity index (χ0) is 17.3. The molecule has 0 aromatic carbocycles. The van der Waals surface area contributed by atoms with Crippen LogP contribution >= 0.6 is 0 Å². The van der Waals surface area contributed by atoms with Crippen molar-refractivity contribution in [3.8, 4) is 0 Å². The highest BCUT2D eigenvalue weighted by molar-refractivity contribution is 5.74. The third-order valence-electron chi connectivity index (χ3n) is 3.41. The minimum atomic E-state index is -0.905. The summed E-state index contributed by atoms with van der Waals surface area (Å²) in [6, 6.07) is 0. The molecule has 0 spiro atoms. The predicted octanol–water partition coefficient (Wildman–Crippen LogP) is 3.03. The van der Waals surface area contributed by atoms with Gasteiger partial charge < -0.3 is 19.3 Å². The van der Waals surface area contributed by atoms with Crippen LogP contribution in [-0.4, -0.2) is 50.1 Å². The first-order valence-corrected chi connectivity index (χ1v) is 8.65. The van der Waals surface area contributed by atoms with Crippen LogP contribution < -0.4 is 0 Å². The van der Waals surface area contributed by atoms with E-state index in [9.17, 15) is 9.59 Å². The van der Waals surface area contributed by atoms with Crippen LogP contribution in [0.2, 0.25) is 0 Å². The maximum atomic E-state index is 12.0. The fourth-order valence-electron chi connectivity index (χ4n) is 1.92. The van der Waals surface area contributed by atoms with Crippen LogP contribution in [0.4, 0.5) is 0 Å². The highest BCUT2D eigenvalue weighted by atomic mass is 16.6. The number of carbonyl (C=O) groups is 2. The molecule has 0 saturated carbocycles. The molecule has 0 heterocycles. The lowest BCUT2D eigenvalue weighted by Gasteiger charge is -2.15. The van der Waals surface area contributed by atoms with Crippen LogP contribution in [0.3, 0.4) is 0 Å². The Kier molecular flexibility index (Phi) is 15.0. The standard InChI is InChI=1S/C17H32O6/c1-3-5-10-21-12-9-15(7-8-16(18)19)17(20)23-14-13-22-11-6-4-2/h15H,3-14H2,1-2H3,(H,18,19). The number of ether oxygens (including phenoxy) is 3. The molecule has 1 unspecified atom stereocenters. The average Bonchev–Trinajstić information content (AvgIpc) is 2.53. The lowest BCUT2D eigenvalue weighted by atomic mass is 10.00. The van der Waals surface area contributed by atoms with Crippen LogP contribution in [0.15, 0.2) is 0 Å². The molecular formula is C17H32O6. The second-order valence-electron chi connectivity index (χ2n) is 5.52. The Hall–Kier alpha value is -1.14. The Morgan fingerprint density at radius 3 is 2.04 bits per heavy atom. The van der Waals surface area contributed by atoms with Gasteiger partial charge in [-0.2, -0.15) is 0 Å². The molecule has 0 aliphatic rings. The monoisotopic (exact) mass is 332 g/mol. The van der Waals surface area contributed by atoms with Gasteiger partial charge in [0.1, 0.15) is 6.61 Å². The largest absolute Gasteiger partial charge is 0.481 e. The van der Waals surface area contributed by atoms with E-state index in [-0.39, 0.29) is 25.4 Å². The lowest BCUT2D eigenvalue weighted by molar-refractivity contribution is -0.151. The SMILES string of the molecule is CCCCOCCOC(=O)C(CCOCCCC)CCC(=O)O. The van der Waals surface area contributed by atoms with Gasteiger partial charge in [0, 0.05) is 26.2 Å². The molecule has 1 atom stereocenters. The highest BCUT2D eigenvalue weighted by Gasteiger charge is 2.21. The Balaban J connectivity index is 3.99. The summed E-state index contributed by atoms with van der Waals surface area (Å²) in [5, 5.41) is 8.78. The van der Waals surface area contributed by atoms with E-state index < -0.39 is 11.9 Å². The summed E-state index contributed by atoms with van der Waals surface area (Å²) in [6.07, 6.45) is 4.83. The number of carboxylic acid groups (broad SMARTS) is 1. The summed E-state index contributed by atoms with van der Waals surface area (Å²) >= 11 is 0. The van der Waals surface area contributed by atoms with Gasteiger partial charge >= 0.3 is 11.9 Å². The molecule has 136 valence electrons. The summed E-state index contributed by atoms with van der Waals surface area (Å²) in [4.78, 5) is 22.7. The summed E-state index contributed by atoms with van der Waals surface area (Å²) in [6.45, 7) is 6.54. The van der Waals surface area contributed by atoms with Crippen LogP contribution in [0.25, 0.3) is 0 Å². The Bertz CT molecular complexity index is 305. The number of unbranched alkanes of at least 4 members (excludes halogenated alkanes) is 2. The minimum Gasteiger partial charge on any atom is -0.481 e. The molecule has 0 aromatic heterocycles. The molecule has 0 amide bonds. The summed E-state index contributed by atoms with van der Waals surface area (Å²) < 4.78 is 16.0. The van der Waals surface area contributed by atoms with E-state index in [0.29, 0.717) is 32.8 Å². The molecule has 23 heavy (non-hydrogen) atoms. The third kappa shape index (κ3) is 14.2. The van der Waals surface area contributed by atoms with Crippen LogP contribution in [0, 0.1) is 5.92 Å². The Morgan fingerprint density at radius 1 is 0.870 bits per heavy atom. The third-order valence-corrected chi connectivity index (χ3v) is 3.41. The van der Waals surface area contributed by atoms with E-state index in [1.54, 1.807) is 0 Å². The first-order chi connectivity index (χ1) is 11.1. The molecule has 6 heteroatoms. The van der Waals surface area contributed by atoms with Crippen molar-refractivity contribution in [2.75, 3.05) is 33.0 Å². The molecule has 0 rings (SSSR count). The predicted molar refractivity (Wildman–Crippen MR) is 87.4 cm³/mol. The molecule has 0 aliphatic heterocycles. The van der Waals surface area contributed by atoms with Crippen molar-refractivity contribution in [3.05, 3.63) is 0 Å². The summed E-state index contributed by atoms with van der Waals surface area (Å²) in [5.41, 5.74) is 0. The molecule has 0 bridgehead atoms. The van der Waals surface area contributed by atoms with Crippen molar-refractivity contribution in [1.82, 2.24) is 0 Å². The van der Waals surface area contributed by atoms with E-state index >= 15 is 0 Å². The Morgan fingerprint density at radius 2 is 1.48 bits per heavy atom. The van der Waals surface area contributed by atoms with E-state index in [1.807, 2.05) is 0 Å². The van der Waals surface area contributed by atoms with E-state index in [0.717, 1.165) is 25.7 Å². The van der Waals surface area contributed by atoms with E-state index in [1.165, 1.54) is 0 Å². The minimum absolute atomic E-state index is 0.0400. The zero-order valence-corrected chi connectivity index (χ0v) is 14.6. The molecule has 0 aliphatic carbocycles. The number of esters is 1. The van der Waals surface area contributed by atoms with E-state index in [2.05, 4.69) is 13.8 Å². The number of hydrogen-bond donors (Lipinski definition) is 1. The highest BCUT2D eigenvalue weighted by Crippen LogP contribution is 2.14. The van der Waals surface area contributed by atoms with Crippen molar-refractivity contribution in [2.24, 2.45) is 5.92 Å². The van der Waals surface area contributed by atoms with Crippen LogP contribution in [0.1, 0.15) is 58.8 Å². The van der Waals surface area contributed by atoms with Crippen molar-refractivity contribution in [2.45, 2.75) is 58.8 Å². The smallest absolute Gasteiger partial charge is 0.309 e. The van der Waals surface area contributed by atoms with Gasteiger partial charge in [0.15, 0.2) is 0 Å². The van der Waals surface area contributed by atoms with Crippen molar-refractivity contribution >= 4 is 11.9 Å². The maximum Gasteiger partial charge on any atom is 0.309 e. The van der Waals surface area contributed by atoms with Crippen LogP contribution in [-0.2, 0) is 23.8 Å². The van der Waals surface area contributed by atoms with Crippen molar-refractivity contribution < 1.29 is 28.9 Å². The Labute approximate surface area is 139 Å². The normalized spacial score (nSPS) is 12.1. The van der Waals surface area contributed by atoms with Crippen LogP contribution in [0.5, 0.6) is 0 Å². The van der Waals surface area contributed by atoms with Gasteiger partial charge in [-0.1, -0.05) is 26.7 Å². The second-order valence-corrected chi connectivity index (χ2v) is 5.52. The molecule has 0 aromatic rings. The number of rotatable bonds is 16.